The molecule has 0 saturated carbocycles. The van der Waals surface area contributed by atoms with Gasteiger partial charge < -0.3 is 24.5 Å². The van der Waals surface area contributed by atoms with E-state index in [2.05, 4.69) is 10.6 Å². The molecule has 2 aromatic heterocycles. The van der Waals surface area contributed by atoms with Crippen LogP contribution in [0.1, 0.15) is 43.1 Å². The van der Waals surface area contributed by atoms with Crippen LogP contribution in [0.5, 0.6) is 0 Å². The Labute approximate surface area is 158 Å². The van der Waals surface area contributed by atoms with Crippen molar-refractivity contribution in [2.24, 2.45) is 0 Å². The van der Waals surface area contributed by atoms with Gasteiger partial charge in [-0.2, -0.15) is 0 Å². The standard InChI is InChI=1S/C17H18N2O7S/c1-4-24-17(23)12-9(2)13(14(21)18-3)27-15(12)19-11(20)8-26-16(22)10-6-5-7-25-10/h5-7H,4,8H2,1-3H3,(H,18,21)(H,19,20). The van der Waals surface area contributed by atoms with Crippen molar-refractivity contribution in [3.63, 3.8) is 0 Å². The summed E-state index contributed by atoms with van der Waals surface area (Å²) in [6.07, 6.45) is 1.30. The molecule has 0 unspecified atom stereocenters. The van der Waals surface area contributed by atoms with E-state index in [1.807, 2.05) is 0 Å². The number of carbonyl (C=O) groups is 4. The van der Waals surface area contributed by atoms with Crippen LogP contribution in [0.25, 0.3) is 0 Å². The average Bonchev–Trinajstić information content (AvgIpc) is 3.27. The molecule has 0 fully saturated rings. The minimum atomic E-state index is -0.797. The molecule has 2 aromatic rings. The predicted molar refractivity (Wildman–Crippen MR) is 96.0 cm³/mol. The van der Waals surface area contributed by atoms with E-state index in [9.17, 15) is 19.2 Å². The molecule has 0 radical (unpaired) electrons. The maximum atomic E-state index is 12.2. The molecule has 0 aliphatic rings. The van der Waals surface area contributed by atoms with E-state index in [4.69, 9.17) is 13.9 Å². The van der Waals surface area contributed by atoms with Crippen LogP contribution in [0.4, 0.5) is 5.00 Å². The lowest BCUT2D eigenvalue weighted by atomic mass is 10.1. The maximum Gasteiger partial charge on any atom is 0.374 e. The first-order valence-corrected chi connectivity index (χ1v) is 8.73. The number of nitrogens with one attached hydrogen (secondary N) is 2. The van der Waals surface area contributed by atoms with E-state index in [0.717, 1.165) is 11.3 Å². The highest BCUT2D eigenvalue weighted by Gasteiger charge is 2.26. The average molecular weight is 394 g/mol. The number of amides is 2. The summed E-state index contributed by atoms with van der Waals surface area (Å²) in [7, 11) is 1.46. The van der Waals surface area contributed by atoms with Gasteiger partial charge in [0, 0.05) is 7.05 Å². The van der Waals surface area contributed by atoms with Crippen molar-refractivity contribution in [2.45, 2.75) is 13.8 Å². The topological polar surface area (TPSA) is 124 Å². The molecule has 0 spiro atoms. The Balaban J connectivity index is 2.15. The summed E-state index contributed by atoms with van der Waals surface area (Å²) in [5.74, 6) is -2.57. The largest absolute Gasteiger partial charge is 0.462 e. The zero-order chi connectivity index (χ0) is 20.0. The van der Waals surface area contributed by atoms with Gasteiger partial charge >= 0.3 is 11.9 Å². The molecule has 2 N–H and O–H groups in total. The lowest BCUT2D eigenvalue weighted by Crippen LogP contribution is -2.21. The zero-order valence-electron chi connectivity index (χ0n) is 14.9. The molecular formula is C17H18N2O7S. The number of thiophene rings is 1. The van der Waals surface area contributed by atoms with Gasteiger partial charge in [0.05, 0.1) is 23.3 Å². The number of rotatable bonds is 7. The second-order valence-electron chi connectivity index (χ2n) is 5.16. The Hall–Kier alpha value is -3.14. The Morgan fingerprint density at radius 3 is 2.52 bits per heavy atom. The number of esters is 2. The van der Waals surface area contributed by atoms with E-state index < -0.39 is 30.4 Å². The van der Waals surface area contributed by atoms with E-state index in [1.165, 1.54) is 25.4 Å². The van der Waals surface area contributed by atoms with Crippen LogP contribution in [-0.2, 0) is 14.3 Å². The van der Waals surface area contributed by atoms with Gasteiger partial charge in [-0.1, -0.05) is 0 Å². The van der Waals surface area contributed by atoms with Crippen LogP contribution < -0.4 is 10.6 Å². The van der Waals surface area contributed by atoms with Gasteiger partial charge in [-0.05, 0) is 31.5 Å². The number of ether oxygens (including phenoxy) is 2. The zero-order valence-corrected chi connectivity index (χ0v) is 15.7. The number of carbonyl (C=O) groups excluding carboxylic acids is 4. The molecule has 2 rings (SSSR count). The van der Waals surface area contributed by atoms with Crippen molar-refractivity contribution in [1.29, 1.82) is 0 Å². The summed E-state index contributed by atoms with van der Waals surface area (Å²) in [5.41, 5.74) is 0.479. The van der Waals surface area contributed by atoms with Crippen molar-refractivity contribution in [1.82, 2.24) is 5.32 Å². The number of anilines is 1. The van der Waals surface area contributed by atoms with E-state index in [1.54, 1.807) is 13.8 Å². The fourth-order valence-electron chi connectivity index (χ4n) is 2.14. The van der Waals surface area contributed by atoms with Gasteiger partial charge in [-0.3, -0.25) is 9.59 Å². The molecule has 0 atom stereocenters. The smallest absolute Gasteiger partial charge is 0.374 e. The second kappa shape index (κ2) is 8.99. The first-order valence-electron chi connectivity index (χ1n) is 7.92. The summed E-state index contributed by atoms with van der Waals surface area (Å²) in [4.78, 5) is 48.3. The second-order valence-corrected chi connectivity index (χ2v) is 6.18. The maximum absolute atomic E-state index is 12.2. The van der Waals surface area contributed by atoms with Crippen molar-refractivity contribution >= 4 is 40.1 Å². The van der Waals surface area contributed by atoms with Crippen LogP contribution in [0, 0.1) is 6.92 Å². The fraction of sp³-hybridized carbons (Fsp3) is 0.294. The molecule has 10 heteroatoms. The summed E-state index contributed by atoms with van der Waals surface area (Å²) in [6.45, 7) is 2.77. The number of hydrogen-bond donors (Lipinski definition) is 2. The minimum Gasteiger partial charge on any atom is -0.462 e. The highest BCUT2D eigenvalue weighted by Crippen LogP contribution is 2.33. The third-order valence-electron chi connectivity index (χ3n) is 3.37. The molecule has 2 amide bonds. The van der Waals surface area contributed by atoms with E-state index >= 15 is 0 Å². The number of furan rings is 1. The van der Waals surface area contributed by atoms with Gasteiger partial charge in [-0.15, -0.1) is 11.3 Å². The normalized spacial score (nSPS) is 10.2. The predicted octanol–water partition coefficient (Wildman–Crippen LogP) is 1.98. The molecular weight excluding hydrogens is 376 g/mol. The van der Waals surface area contributed by atoms with Crippen LogP contribution >= 0.6 is 11.3 Å². The Morgan fingerprint density at radius 1 is 1.19 bits per heavy atom. The molecule has 0 aliphatic heterocycles. The molecule has 2 heterocycles. The summed E-state index contributed by atoms with van der Waals surface area (Å²) in [5, 5.41) is 5.09. The molecule has 0 saturated heterocycles. The highest BCUT2D eigenvalue weighted by molar-refractivity contribution is 7.18. The SMILES string of the molecule is CCOC(=O)c1c(NC(=O)COC(=O)c2ccco2)sc(C(=O)NC)c1C. The quantitative estimate of drug-likeness (QED) is 0.688. The summed E-state index contributed by atoms with van der Waals surface area (Å²) >= 11 is 0.930. The Bertz CT molecular complexity index is 855. The van der Waals surface area contributed by atoms with Crippen LogP contribution in [0.15, 0.2) is 22.8 Å². The molecule has 0 aliphatic carbocycles. The van der Waals surface area contributed by atoms with Crippen molar-refractivity contribution in [2.75, 3.05) is 25.6 Å². The first kappa shape index (κ1) is 20.2. The lowest BCUT2D eigenvalue weighted by molar-refractivity contribution is -0.119. The van der Waals surface area contributed by atoms with Crippen molar-refractivity contribution in [3.05, 3.63) is 40.2 Å². The fourth-order valence-corrected chi connectivity index (χ4v) is 3.30. The summed E-state index contributed by atoms with van der Waals surface area (Å²) < 4.78 is 14.7. The van der Waals surface area contributed by atoms with E-state index in [0.29, 0.717) is 5.56 Å². The number of hydrogen-bond acceptors (Lipinski definition) is 8. The van der Waals surface area contributed by atoms with Crippen LogP contribution in [0.2, 0.25) is 0 Å². The monoisotopic (exact) mass is 394 g/mol. The summed E-state index contributed by atoms with van der Waals surface area (Å²) in [6, 6.07) is 2.91. The van der Waals surface area contributed by atoms with Crippen molar-refractivity contribution in [3.8, 4) is 0 Å². The van der Waals surface area contributed by atoms with E-state index in [-0.39, 0.29) is 27.8 Å². The molecule has 27 heavy (non-hydrogen) atoms. The molecule has 0 bridgehead atoms. The third kappa shape index (κ3) is 4.73. The van der Waals surface area contributed by atoms with Gasteiger partial charge in [-0.25, -0.2) is 9.59 Å². The van der Waals surface area contributed by atoms with Gasteiger partial charge in [0.1, 0.15) is 5.00 Å². The van der Waals surface area contributed by atoms with Crippen molar-refractivity contribution < 1.29 is 33.1 Å². The lowest BCUT2D eigenvalue weighted by Gasteiger charge is -2.07. The third-order valence-corrected chi connectivity index (χ3v) is 4.58. The van der Waals surface area contributed by atoms with Crippen LogP contribution in [0.3, 0.4) is 0 Å². The highest BCUT2D eigenvalue weighted by atomic mass is 32.1. The first-order chi connectivity index (χ1) is 12.9. The van der Waals surface area contributed by atoms with Crippen LogP contribution in [-0.4, -0.2) is 44.0 Å². The Kier molecular flexibility index (Phi) is 6.72. The van der Waals surface area contributed by atoms with Gasteiger partial charge in [0.15, 0.2) is 6.61 Å². The van der Waals surface area contributed by atoms with Gasteiger partial charge in [0.25, 0.3) is 11.8 Å². The minimum absolute atomic E-state index is 0.0381. The molecule has 144 valence electrons. The Morgan fingerprint density at radius 2 is 1.93 bits per heavy atom. The molecule has 0 aromatic carbocycles. The molecule has 9 nitrogen and oxygen atoms in total. The van der Waals surface area contributed by atoms with Gasteiger partial charge in [0.2, 0.25) is 5.76 Å².